The van der Waals surface area contributed by atoms with Gasteiger partial charge in [0, 0.05) is 32.1 Å². The highest BCUT2D eigenvalue weighted by atomic mass is 16.5. The van der Waals surface area contributed by atoms with Crippen LogP contribution in [0.25, 0.3) is 11.3 Å². The molecule has 5 heteroatoms. The van der Waals surface area contributed by atoms with Crippen molar-refractivity contribution in [2.75, 3.05) is 33.2 Å². The van der Waals surface area contributed by atoms with Gasteiger partial charge in [0.05, 0.1) is 14.2 Å². The van der Waals surface area contributed by atoms with E-state index in [1.165, 1.54) is 0 Å². The molecule has 0 atom stereocenters. The molecule has 0 saturated carbocycles. The van der Waals surface area contributed by atoms with Crippen LogP contribution in [0.3, 0.4) is 0 Å². The molecule has 5 nitrogen and oxygen atoms in total. The number of methoxy groups -OCH3 is 2. The third-order valence-electron chi connectivity index (χ3n) is 2.76. The molecule has 0 aliphatic heterocycles. The summed E-state index contributed by atoms with van der Waals surface area (Å²) in [5.41, 5.74) is 1.75. The van der Waals surface area contributed by atoms with Crippen LogP contribution in [0.1, 0.15) is 0 Å². The first kappa shape index (κ1) is 13.1. The van der Waals surface area contributed by atoms with Gasteiger partial charge in [-0.25, -0.2) is 4.98 Å². The molecule has 0 saturated heterocycles. The fourth-order valence-electron chi connectivity index (χ4n) is 1.85. The van der Waals surface area contributed by atoms with Crippen LogP contribution in [0.4, 0.5) is 5.82 Å². The molecule has 0 unspecified atom stereocenters. The van der Waals surface area contributed by atoms with E-state index in [-0.39, 0.29) is 0 Å². The first-order valence-corrected chi connectivity index (χ1v) is 5.88. The Bertz CT molecular complexity index is 570. The van der Waals surface area contributed by atoms with Crippen LogP contribution >= 0.6 is 0 Å². The molecule has 19 heavy (non-hydrogen) atoms. The van der Waals surface area contributed by atoms with Gasteiger partial charge in [0.2, 0.25) is 0 Å². The summed E-state index contributed by atoms with van der Waals surface area (Å²) in [5, 5.41) is 0. The minimum Gasteiger partial charge on any atom is -0.493 e. The van der Waals surface area contributed by atoms with Crippen LogP contribution in [0.2, 0.25) is 0 Å². The molecule has 0 aliphatic carbocycles. The number of aromatic nitrogens is 2. The largest absolute Gasteiger partial charge is 0.493 e. The zero-order chi connectivity index (χ0) is 13.8. The van der Waals surface area contributed by atoms with E-state index in [9.17, 15) is 0 Å². The van der Waals surface area contributed by atoms with Crippen molar-refractivity contribution in [1.29, 1.82) is 0 Å². The summed E-state index contributed by atoms with van der Waals surface area (Å²) >= 11 is 0. The predicted molar refractivity (Wildman–Crippen MR) is 74.9 cm³/mol. The van der Waals surface area contributed by atoms with E-state index in [0.717, 1.165) is 17.1 Å². The molecule has 1 aromatic carbocycles. The first-order chi connectivity index (χ1) is 9.17. The lowest BCUT2D eigenvalue weighted by Gasteiger charge is -2.15. The SMILES string of the molecule is COc1ccc(-c2nccnc2N(C)C)cc1OC. The minimum atomic E-state index is 0.676. The Balaban J connectivity index is 2.53. The number of hydrogen-bond acceptors (Lipinski definition) is 5. The monoisotopic (exact) mass is 259 g/mol. The number of benzene rings is 1. The topological polar surface area (TPSA) is 47.5 Å². The highest BCUT2D eigenvalue weighted by Crippen LogP contribution is 2.33. The highest BCUT2D eigenvalue weighted by Gasteiger charge is 2.12. The number of hydrogen-bond donors (Lipinski definition) is 0. The zero-order valence-electron chi connectivity index (χ0n) is 11.5. The van der Waals surface area contributed by atoms with E-state index >= 15 is 0 Å². The van der Waals surface area contributed by atoms with Crippen LogP contribution < -0.4 is 14.4 Å². The Morgan fingerprint density at radius 2 is 1.63 bits per heavy atom. The van der Waals surface area contributed by atoms with Gasteiger partial charge < -0.3 is 14.4 Å². The van der Waals surface area contributed by atoms with Gasteiger partial charge in [-0.1, -0.05) is 0 Å². The smallest absolute Gasteiger partial charge is 0.161 e. The molecule has 0 fully saturated rings. The van der Waals surface area contributed by atoms with Crippen LogP contribution in [0, 0.1) is 0 Å². The second-order valence-corrected chi connectivity index (χ2v) is 4.19. The predicted octanol–water partition coefficient (Wildman–Crippen LogP) is 2.23. The Morgan fingerprint density at radius 3 is 2.26 bits per heavy atom. The van der Waals surface area contributed by atoms with Gasteiger partial charge in [0.25, 0.3) is 0 Å². The van der Waals surface area contributed by atoms with E-state index in [2.05, 4.69) is 9.97 Å². The Hall–Kier alpha value is -2.30. The average Bonchev–Trinajstić information content (AvgIpc) is 2.46. The summed E-state index contributed by atoms with van der Waals surface area (Å²) in [4.78, 5) is 10.7. The zero-order valence-corrected chi connectivity index (χ0v) is 11.5. The van der Waals surface area contributed by atoms with Crippen molar-refractivity contribution >= 4 is 5.82 Å². The maximum Gasteiger partial charge on any atom is 0.161 e. The summed E-state index contributed by atoms with van der Waals surface area (Å²) in [6, 6.07) is 5.70. The van der Waals surface area contributed by atoms with Gasteiger partial charge >= 0.3 is 0 Å². The lowest BCUT2D eigenvalue weighted by molar-refractivity contribution is 0.355. The summed E-state index contributed by atoms with van der Waals surface area (Å²) < 4.78 is 10.5. The van der Waals surface area contributed by atoms with Crippen molar-refractivity contribution in [1.82, 2.24) is 9.97 Å². The van der Waals surface area contributed by atoms with Crippen molar-refractivity contribution in [3.05, 3.63) is 30.6 Å². The lowest BCUT2D eigenvalue weighted by atomic mass is 10.1. The third kappa shape index (κ3) is 2.59. The van der Waals surface area contributed by atoms with Gasteiger partial charge in [-0.2, -0.15) is 0 Å². The van der Waals surface area contributed by atoms with Gasteiger partial charge in [-0.3, -0.25) is 4.98 Å². The molecule has 2 rings (SSSR count). The van der Waals surface area contributed by atoms with Gasteiger partial charge in [0.1, 0.15) is 5.69 Å². The van der Waals surface area contributed by atoms with E-state index in [0.29, 0.717) is 11.5 Å². The summed E-state index contributed by atoms with van der Waals surface area (Å²) in [7, 11) is 7.11. The Kier molecular flexibility index (Phi) is 3.85. The molecule has 1 aromatic heterocycles. The summed E-state index contributed by atoms with van der Waals surface area (Å²) in [6.45, 7) is 0. The van der Waals surface area contributed by atoms with Crippen molar-refractivity contribution in [2.45, 2.75) is 0 Å². The standard InChI is InChI=1S/C14H17N3O2/c1-17(2)14-13(15-7-8-16-14)10-5-6-11(18-3)12(9-10)19-4/h5-9H,1-4H3. The van der Waals surface area contributed by atoms with Crippen molar-refractivity contribution in [3.63, 3.8) is 0 Å². The van der Waals surface area contributed by atoms with E-state index in [1.54, 1.807) is 26.6 Å². The maximum atomic E-state index is 5.31. The molecular weight excluding hydrogens is 242 g/mol. The van der Waals surface area contributed by atoms with Gasteiger partial charge in [0.15, 0.2) is 17.3 Å². The average molecular weight is 259 g/mol. The fraction of sp³-hybridized carbons (Fsp3) is 0.286. The molecule has 1 heterocycles. The minimum absolute atomic E-state index is 0.676. The molecule has 0 spiro atoms. The van der Waals surface area contributed by atoms with Crippen LogP contribution in [-0.2, 0) is 0 Å². The lowest BCUT2D eigenvalue weighted by Crippen LogP contribution is -2.12. The van der Waals surface area contributed by atoms with Crippen LogP contribution in [0.5, 0.6) is 11.5 Å². The van der Waals surface area contributed by atoms with E-state index in [1.807, 2.05) is 37.2 Å². The maximum absolute atomic E-state index is 5.31. The Morgan fingerprint density at radius 1 is 0.947 bits per heavy atom. The highest BCUT2D eigenvalue weighted by molar-refractivity contribution is 5.73. The van der Waals surface area contributed by atoms with Crippen molar-refractivity contribution in [3.8, 4) is 22.8 Å². The number of nitrogens with zero attached hydrogens (tertiary/aromatic N) is 3. The van der Waals surface area contributed by atoms with Crippen LogP contribution in [-0.4, -0.2) is 38.3 Å². The molecule has 0 aliphatic rings. The first-order valence-electron chi connectivity index (χ1n) is 5.88. The number of rotatable bonds is 4. The second kappa shape index (κ2) is 5.56. The molecule has 100 valence electrons. The molecule has 0 amide bonds. The van der Waals surface area contributed by atoms with Crippen molar-refractivity contribution < 1.29 is 9.47 Å². The van der Waals surface area contributed by atoms with E-state index in [4.69, 9.17) is 9.47 Å². The van der Waals surface area contributed by atoms with Gasteiger partial charge in [-0.15, -0.1) is 0 Å². The number of ether oxygens (including phenoxy) is 2. The van der Waals surface area contributed by atoms with E-state index < -0.39 is 0 Å². The molecule has 0 bridgehead atoms. The Labute approximate surface area is 112 Å². The summed E-state index contributed by atoms with van der Waals surface area (Å²) in [6.07, 6.45) is 3.36. The molecule has 0 radical (unpaired) electrons. The summed E-state index contributed by atoms with van der Waals surface area (Å²) in [5.74, 6) is 2.19. The fourth-order valence-corrected chi connectivity index (χ4v) is 1.85. The third-order valence-corrected chi connectivity index (χ3v) is 2.76. The molecule has 2 aromatic rings. The van der Waals surface area contributed by atoms with Gasteiger partial charge in [-0.05, 0) is 18.2 Å². The molecular formula is C14H17N3O2. The molecule has 0 N–H and O–H groups in total. The quantitative estimate of drug-likeness (QED) is 0.842. The second-order valence-electron chi connectivity index (χ2n) is 4.19. The normalized spacial score (nSPS) is 10.1. The number of anilines is 1. The van der Waals surface area contributed by atoms with Crippen molar-refractivity contribution in [2.24, 2.45) is 0 Å². The van der Waals surface area contributed by atoms with Crippen LogP contribution in [0.15, 0.2) is 30.6 Å².